The van der Waals surface area contributed by atoms with Crippen LogP contribution in [0.15, 0.2) is 54.6 Å². The molecule has 1 amide bonds. The number of anilines is 1. The summed E-state index contributed by atoms with van der Waals surface area (Å²) in [5.74, 6) is -1.33. The van der Waals surface area contributed by atoms with Crippen LogP contribution in [-0.4, -0.2) is 17.4 Å². The van der Waals surface area contributed by atoms with Gasteiger partial charge in [-0.05, 0) is 54.4 Å². The van der Waals surface area contributed by atoms with Crippen LogP contribution in [0.4, 0.5) is 23.4 Å². The summed E-state index contributed by atoms with van der Waals surface area (Å²) in [5.41, 5.74) is 0.00370. The van der Waals surface area contributed by atoms with Gasteiger partial charge in [0.2, 0.25) is 0 Å². The van der Waals surface area contributed by atoms with Crippen molar-refractivity contribution in [2.24, 2.45) is 0 Å². The number of amides is 1. The predicted octanol–water partition coefficient (Wildman–Crippen LogP) is 5.89. The second-order valence-electron chi connectivity index (χ2n) is 6.59. The summed E-state index contributed by atoms with van der Waals surface area (Å²) >= 11 is 5.91. The number of hydrogen-bond donors (Lipinski definition) is 0. The van der Waals surface area contributed by atoms with Crippen LogP contribution in [0.25, 0.3) is 0 Å². The Bertz CT molecular complexity index is 1130. The Hall–Kier alpha value is -3.13. The van der Waals surface area contributed by atoms with Crippen LogP contribution in [0.2, 0.25) is 5.15 Å². The third-order valence-electron chi connectivity index (χ3n) is 4.63. The molecule has 0 aliphatic carbocycles. The average molecular weight is 437 g/mol. The highest BCUT2D eigenvalue weighted by atomic mass is 35.5. The molecule has 0 bridgehead atoms. The summed E-state index contributed by atoms with van der Waals surface area (Å²) < 4.78 is 57.6. The van der Waals surface area contributed by atoms with E-state index in [2.05, 4.69) is 4.98 Å². The van der Waals surface area contributed by atoms with Gasteiger partial charge in [0.15, 0.2) is 11.6 Å². The molecular formula is C21H13ClF4N2O2. The van der Waals surface area contributed by atoms with Gasteiger partial charge in [-0.15, -0.1) is 0 Å². The van der Waals surface area contributed by atoms with Crippen molar-refractivity contribution in [3.8, 4) is 11.5 Å². The number of alkyl halides is 3. The summed E-state index contributed by atoms with van der Waals surface area (Å²) in [6.45, 7) is 0.410. The summed E-state index contributed by atoms with van der Waals surface area (Å²) in [6.07, 6.45) is -4.10. The maximum atomic E-state index is 14.1. The second-order valence-corrected chi connectivity index (χ2v) is 6.98. The van der Waals surface area contributed by atoms with Crippen molar-refractivity contribution in [2.75, 3.05) is 11.4 Å². The molecule has 9 heteroatoms. The highest BCUT2D eigenvalue weighted by molar-refractivity contribution is 6.29. The SMILES string of the molecule is O=C1c2cc(Oc3ccc(C(F)(F)F)cc3F)ccc2CCN1c1cccc(Cl)n1. The first-order valence-electron chi connectivity index (χ1n) is 8.84. The standard InChI is InChI=1S/C21H13ClF4N2O2/c22-18-2-1-3-19(27-18)28-9-8-12-4-6-14(11-15(12)20(28)29)30-17-7-5-13(10-16(17)23)21(24,25)26/h1-7,10-11H,8-9H2. The first kappa shape index (κ1) is 20.2. The smallest absolute Gasteiger partial charge is 0.416 e. The van der Waals surface area contributed by atoms with E-state index in [-0.39, 0.29) is 22.6 Å². The van der Waals surface area contributed by atoms with E-state index in [1.54, 1.807) is 24.3 Å². The number of pyridine rings is 1. The molecule has 154 valence electrons. The van der Waals surface area contributed by atoms with Gasteiger partial charge < -0.3 is 4.74 Å². The van der Waals surface area contributed by atoms with Crippen LogP contribution in [0.3, 0.4) is 0 Å². The molecule has 30 heavy (non-hydrogen) atoms. The van der Waals surface area contributed by atoms with E-state index in [4.69, 9.17) is 16.3 Å². The minimum absolute atomic E-state index is 0.127. The molecule has 0 radical (unpaired) electrons. The molecular weight excluding hydrogens is 424 g/mol. The van der Waals surface area contributed by atoms with E-state index in [0.29, 0.717) is 30.4 Å². The lowest BCUT2D eigenvalue weighted by Gasteiger charge is -2.28. The molecule has 0 spiro atoms. The Morgan fingerprint density at radius 3 is 2.57 bits per heavy atom. The molecule has 0 N–H and O–H groups in total. The van der Waals surface area contributed by atoms with Crippen molar-refractivity contribution < 1.29 is 27.1 Å². The van der Waals surface area contributed by atoms with E-state index < -0.39 is 17.6 Å². The molecule has 2 aromatic carbocycles. The maximum Gasteiger partial charge on any atom is 0.416 e. The average Bonchev–Trinajstić information content (AvgIpc) is 2.69. The van der Waals surface area contributed by atoms with Gasteiger partial charge in [0, 0.05) is 12.1 Å². The summed E-state index contributed by atoms with van der Waals surface area (Å²) in [4.78, 5) is 18.6. The molecule has 1 aromatic heterocycles. The fourth-order valence-corrected chi connectivity index (χ4v) is 3.33. The van der Waals surface area contributed by atoms with Crippen LogP contribution in [0, 0.1) is 5.82 Å². The molecule has 2 heterocycles. The van der Waals surface area contributed by atoms with Crippen LogP contribution >= 0.6 is 11.6 Å². The van der Waals surface area contributed by atoms with Gasteiger partial charge in [-0.3, -0.25) is 9.69 Å². The number of rotatable bonds is 3. The largest absolute Gasteiger partial charge is 0.454 e. The topological polar surface area (TPSA) is 42.4 Å². The fourth-order valence-electron chi connectivity index (χ4n) is 3.17. The van der Waals surface area contributed by atoms with E-state index in [9.17, 15) is 22.4 Å². The Kier molecular flexibility index (Phi) is 5.11. The zero-order valence-corrected chi connectivity index (χ0v) is 16.0. The lowest BCUT2D eigenvalue weighted by molar-refractivity contribution is -0.137. The van der Waals surface area contributed by atoms with Gasteiger partial charge >= 0.3 is 6.18 Å². The Morgan fingerprint density at radius 2 is 1.87 bits per heavy atom. The minimum Gasteiger partial charge on any atom is -0.454 e. The quantitative estimate of drug-likeness (QED) is 0.380. The third-order valence-corrected chi connectivity index (χ3v) is 4.84. The lowest BCUT2D eigenvalue weighted by Crippen LogP contribution is -2.38. The van der Waals surface area contributed by atoms with Crippen LogP contribution in [0.1, 0.15) is 21.5 Å². The lowest BCUT2D eigenvalue weighted by atomic mass is 9.98. The first-order chi connectivity index (χ1) is 14.2. The summed E-state index contributed by atoms with van der Waals surface area (Å²) in [7, 11) is 0. The van der Waals surface area contributed by atoms with Crippen LogP contribution in [-0.2, 0) is 12.6 Å². The minimum atomic E-state index is -4.66. The van der Waals surface area contributed by atoms with Crippen LogP contribution < -0.4 is 9.64 Å². The van der Waals surface area contributed by atoms with E-state index in [1.165, 1.54) is 17.0 Å². The van der Waals surface area contributed by atoms with Crippen molar-refractivity contribution in [3.05, 3.63) is 82.3 Å². The number of carbonyl (C=O) groups excluding carboxylic acids is 1. The second kappa shape index (κ2) is 7.60. The van der Waals surface area contributed by atoms with E-state index in [0.717, 1.165) is 17.7 Å². The summed E-state index contributed by atoms with van der Waals surface area (Å²) in [6, 6.07) is 11.6. The van der Waals surface area contributed by atoms with Gasteiger partial charge in [-0.25, -0.2) is 9.37 Å². The molecule has 3 aromatic rings. The monoisotopic (exact) mass is 436 g/mol. The Balaban J connectivity index is 1.61. The fraction of sp³-hybridized carbons (Fsp3) is 0.143. The third kappa shape index (κ3) is 3.95. The van der Waals surface area contributed by atoms with E-state index in [1.807, 2.05) is 0 Å². The number of halogens is 5. The normalized spacial score (nSPS) is 13.9. The van der Waals surface area contributed by atoms with Gasteiger partial charge in [-0.1, -0.05) is 23.7 Å². The van der Waals surface area contributed by atoms with Crippen molar-refractivity contribution in [3.63, 3.8) is 0 Å². The Morgan fingerprint density at radius 1 is 1.07 bits per heavy atom. The van der Waals surface area contributed by atoms with Crippen molar-refractivity contribution in [1.82, 2.24) is 4.98 Å². The predicted molar refractivity (Wildman–Crippen MR) is 103 cm³/mol. The number of fused-ring (bicyclic) bond motifs is 1. The first-order valence-corrected chi connectivity index (χ1v) is 9.22. The highest BCUT2D eigenvalue weighted by Crippen LogP contribution is 2.34. The molecule has 0 saturated carbocycles. The van der Waals surface area contributed by atoms with Gasteiger partial charge in [0.05, 0.1) is 5.56 Å². The maximum absolute atomic E-state index is 14.1. The highest BCUT2D eigenvalue weighted by Gasteiger charge is 2.31. The number of carbonyl (C=O) groups is 1. The molecule has 4 rings (SSSR count). The number of hydrogen-bond acceptors (Lipinski definition) is 3. The molecule has 4 nitrogen and oxygen atoms in total. The molecule has 0 saturated heterocycles. The van der Waals surface area contributed by atoms with Crippen LogP contribution in [0.5, 0.6) is 11.5 Å². The van der Waals surface area contributed by atoms with Crippen molar-refractivity contribution in [2.45, 2.75) is 12.6 Å². The zero-order chi connectivity index (χ0) is 21.5. The van der Waals surface area contributed by atoms with Crippen molar-refractivity contribution >= 4 is 23.3 Å². The molecule has 0 fully saturated rings. The number of benzene rings is 2. The van der Waals surface area contributed by atoms with E-state index >= 15 is 0 Å². The van der Waals surface area contributed by atoms with Gasteiger partial charge in [-0.2, -0.15) is 13.2 Å². The molecule has 0 atom stereocenters. The zero-order valence-electron chi connectivity index (χ0n) is 15.2. The number of nitrogens with zero attached hydrogens (tertiary/aromatic N) is 2. The summed E-state index contributed by atoms with van der Waals surface area (Å²) in [5, 5.41) is 0.251. The van der Waals surface area contributed by atoms with Gasteiger partial charge in [0.1, 0.15) is 16.7 Å². The van der Waals surface area contributed by atoms with Crippen molar-refractivity contribution in [1.29, 1.82) is 0 Å². The Labute approximate surface area is 173 Å². The van der Waals surface area contributed by atoms with Gasteiger partial charge in [0.25, 0.3) is 5.91 Å². The number of ether oxygens (including phenoxy) is 1. The molecule has 0 unspecified atom stereocenters. The number of aromatic nitrogens is 1. The molecule has 1 aliphatic rings. The molecule has 1 aliphatic heterocycles.